The lowest BCUT2D eigenvalue weighted by Crippen LogP contribution is -2.48. The van der Waals surface area contributed by atoms with Crippen molar-refractivity contribution < 1.29 is 14.3 Å². The van der Waals surface area contributed by atoms with E-state index in [1.54, 1.807) is 14.2 Å². The number of halogens is 1. The van der Waals surface area contributed by atoms with Crippen molar-refractivity contribution in [3.63, 3.8) is 0 Å². The number of aryl methyl sites for hydroxylation is 1. The third-order valence-electron chi connectivity index (χ3n) is 6.04. The maximum absolute atomic E-state index is 12.7. The highest BCUT2D eigenvalue weighted by Gasteiger charge is 2.35. The highest BCUT2D eigenvalue weighted by molar-refractivity contribution is 5.94. The van der Waals surface area contributed by atoms with Gasteiger partial charge >= 0.3 is 0 Å². The van der Waals surface area contributed by atoms with Crippen molar-refractivity contribution in [2.75, 3.05) is 27.3 Å². The maximum atomic E-state index is 12.7. The number of hydrogen-bond donors (Lipinski definition) is 1. The molecule has 2 aliphatic heterocycles. The number of ether oxygens (including phenoxy) is 2. The van der Waals surface area contributed by atoms with Gasteiger partial charge in [-0.25, -0.2) is 0 Å². The maximum Gasteiger partial charge on any atom is 0.251 e. The van der Waals surface area contributed by atoms with Crippen LogP contribution >= 0.6 is 12.4 Å². The molecule has 29 heavy (non-hydrogen) atoms. The zero-order valence-electron chi connectivity index (χ0n) is 17.2. The second kappa shape index (κ2) is 9.06. The Morgan fingerprint density at radius 2 is 1.76 bits per heavy atom. The van der Waals surface area contributed by atoms with Gasteiger partial charge in [-0.05, 0) is 61.6 Å². The summed E-state index contributed by atoms with van der Waals surface area (Å²) >= 11 is 0. The number of carbonyl (C=O) groups is 1. The smallest absolute Gasteiger partial charge is 0.251 e. The molecule has 2 unspecified atom stereocenters. The molecule has 1 N–H and O–H groups in total. The number of rotatable bonds is 4. The van der Waals surface area contributed by atoms with Crippen molar-refractivity contribution in [3.05, 3.63) is 58.7 Å². The van der Waals surface area contributed by atoms with Crippen LogP contribution in [-0.2, 0) is 6.42 Å². The first-order valence-corrected chi connectivity index (χ1v) is 9.95. The van der Waals surface area contributed by atoms with E-state index in [9.17, 15) is 4.79 Å². The average molecular weight is 417 g/mol. The molecule has 0 aromatic heterocycles. The van der Waals surface area contributed by atoms with Gasteiger partial charge < -0.3 is 14.8 Å². The van der Waals surface area contributed by atoms with Gasteiger partial charge in [0.2, 0.25) is 0 Å². The molecular formula is C23H29ClN2O3. The summed E-state index contributed by atoms with van der Waals surface area (Å²) in [6.07, 6.45) is 2.92. The van der Waals surface area contributed by atoms with Gasteiger partial charge in [0.1, 0.15) is 0 Å². The van der Waals surface area contributed by atoms with Crippen LogP contribution in [0.2, 0.25) is 0 Å². The van der Waals surface area contributed by atoms with Crippen molar-refractivity contribution in [1.29, 1.82) is 0 Å². The number of amides is 1. The van der Waals surface area contributed by atoms with E-state index in [1.165, 1.54) is 11.1 Å². The van der Waals surface area contributed by atoms with Crippen LogP contribution in [-0.4, -0.2) is 44.2 Å². The number of carbonyl (C=O) groups excluding carboxylic acids is 1. The van der Waals surface area contributed by atoms with Gasteiger partial charge in [-0.1, -0.05) is 17.7 Å². The fourth-order valence-corrected chi connectivity index (χ4v) is 4.44. The Hall–Kier alpha value is -2.24. The molecule has 1 saturated heterocycles. The summed E-state index contributed by atoms with van der Waals surface area (Å²) in [4.78, 5) is 15.2. The number of nitrogens with zero attached hydrogens (tertiary/aromatic N) is 1. The van der Waals surface area contributed by atoms with Gasteiger partial charge in [0.05, 0.1) is 14.2 Å². The molecule has 2 heterocycles. The summed E-state index contributed by atoms with van der Waals surface area (Å²) in [5.74, 6) is 1.57. The molecule has 2 aliphatic rings. The Kier molecular flexibility index (Phi) is 6.70. The predicted molar refractivity (Wildman–Crippen MR) is 116 cm³/mol. The molecule has 5 nitrogen and oxygen atoms in total. The third-order valence-corrected chi connectivity index (χ3v) is 6.04. The molecule has 2 aromatic rings. The number of nitrogens with one attached hydrogen (secondary N) is 1. The van der Waals surface area contributed by atoms with Gasteiger partial charge in [0.25, 0.3) is 5.91 Å². The molecule has 1 amide bonds. The molecule has 4 rings (SSSR count). The minimum atomic E-state index is 0. The first-order valence-electron chi connectivity index (χ1n) is 9.95. The fraction of sp³-hybridized carbons (Fsp3) is 0.435. The van der Waals surface area contributed by atoms with E-state index in [-0.39, 0.29) is 24.4 Å². The molecule has 0 spiro atoms. The van der Waals surface area contributed by atoms with E-state index in [2.05, 4.69) is 22.3 Å². The number of fused-ring (bicyclic) bond motifs is 3. The van der Waals surface area contributed by atoms with Crippen molar-refractivity contribution in [2.45, 2.75) is 38.3 Å². The first-order chi connectivity index (χ1) is 13.6. The Bertz CT molecular complexity index is 869. The van der Waals surface area contributed by atoms with E-state index in [4.69, 9.17) is 9.47 Å². The Morgan fingerprint density at radius 1 is 1.07 bits per heavy atom. The minimum absolute atomic E-state index is 0. The molecule has 2 aromatic carbocycles. The standard InChI is InChI=1S/C23H28N2O3.ClH/c1-15-4-6-16(7-5-15)23(26)24-18-9-11-25-10-8-17-12-21(27-2)22(28-3)14-19(17)20(25)13-18;/h4-7,12,14,18,20H,8-11,13H2,1-3H3,(H,24,26);1H. The van der Waals surface area contributed by atoms with Crippen molar-refractivity contribution in [1.82, 2.24) is 10.2 Å². The van der Waals surface area contributed by atoms with Crippen molar-refractivity contribution in [3.8, 4) is 11.5 Å². The molecule has 2 atom stereocenters. The molecule has 0 bridgehead atoms. The Balaban J connectivity index is 0.00000240. The summed E-state index contributed by atoms with van der Waals surface area (Å²) in [5, 5.41) is 3.25. The molecule has 0 radical (unpaired) electrons. The van der Waals surface area contributed by atoms with Gasteiger partial charge in [-0.15, -0.1) is 12.4 Å². The lowest BCUT2D eigenvalue weighted by Gasteiger charge is -2.43. The van der Waals surface area contributed by atoms with Crippen LogP contribution in [0.3, 0.4) is 0 Å². The number of hydrogen-bond acceptors (Lipinski definition) is 4. The van der Waals surface area contributed by atoms with Gasteiger partial charge in [-0.3, -0.25) is 9.69 Å². The summed E-state index contributed by atoms with van der Waals surface area (Å²) in [7, 11) is 3.35. The molecule has 6 heteroatoms. The van der Waals surface area contributed by atoms with Gasteiger partial charge in [0, 0.05) is 30.7 Å². The number of piperidine rings is 1. The topological polar surface area (TPSA) is 50.8 Å². The van der Waals surface area contributed by atoms with E-state index in [1.807, 2.05) is 31.2 Å². The Labute approximate surface area is 178 Å². The van der Waals surface area contributed by atoms with Crippen LogP contribution in [0.1, 0.15) is 45.9 Å². The molecule has 0 aliphatic carbocycles. The summed E-state index contributed by atoms with van der Waals surface area (Å²) in [6, 6.07) is 12.5. The SMILES string of the molecule is COc1cc2c(cc1OC)C1CC(NC(=O)c3ccc(C)cc3)CCN1CC2.Cl. The largest absolute Gasteiger partial charge is 0.493 e. The van der Waals surface area contributed by atoms with Crippen LogP contribution in [0, 0.1) is 6.92 Å². The van der Waals surface area contributed by atoms with Crippen LogP contribution < -0.4 is 14.8 Å². The summed E-state index contributed by atoms with van der Waals surface area (Å²) in [5.41, 5.74) is 4.51. The number of methoxy groups -OCH3 is 2. The van der Waals surface area contributed by atoms with Crippen LogP contribution in [0.5, 0.6) is 11.5 Å². The van der Waals surface area contributed by atoms with E-state index < -0.39 is 0 Å². The summed E-state index contributed by atoms with van der Waals surface area (Å²) < 4.78 is 11.0. The van der Waals surface area contributed by atoms with E-state index in [0.29, 0.717) is 6.04 Å². The first kappa shape index (κ1) is 21.5. The quantitative estimate of drug-likeness (QED) is 0.820. The average Bonchev–Trinajstić information content (AvgIpc) is 2.73. The third kappa shape index (κ3) is 4.36. The zero-order chi connectivity index (χ0) is 19.7. The highest BCUT2D eigenvalue weighted by atomic mass is 35.5. The van der Waals surface area contributed by atoms with Crippen LogP contribution in [0.15, 0.2) is 36.4 Å². The monoisotopic (exact) mass is 416 g/mol. The highest BCUT2D eigenvalue weighted by Crippen LogP contribution is 2.41. The van der Waals surface area contributed by atoms with Gasteiger partial charge in [-0.2, -0.15) is 0 Å². The van der Waals surface area contributed by atoms with Crippen LogP contribution in [0.25, 0.3) is 0 Å². The lowest BCUT2D eigenvalue weighted by atomic mass is 9.84. The van der Waals surface area contributed by atoms with E-state index >= 15 is 0 Å². The minimum Gasteiger partial charge on any atom is -0.493 e. The molecular weight excluding hydrogens is 388 g/mol. The summed E-state index contributed by atoms with van der Waals surface area (Å²) in [6.45, 7) is 4.07. The molecule has 156 valence electrons. The molecule has 0 saturated carbocycles. The Morgan fingerprint density at radius 3 is 2.45 bits per heavy atom. The van der Waals surface area contributed by atoms with Crippen LogP contribution in [0.4, 0.5) is 0 Å². The lowest BCUT2D eigenvalue weighted by molar-refractivity contribution is 0.0843. The number of benzene rings is 2. The van der Waals surface area contributed by atoms with Crippen molar-refractivity contribution >= 4 is 18.3 Å². The second-order valence-corrected chi connectivity index (χ2v) is 7.77. The second-order valence-electron chi connectivity index (χ2n) is 7.77. The predicted octanol–water partition coefficient (Wildman–Crippen LogP) is 3.93. The van der Waals surface area contributed by atoms with Gasteiger partial charge in [0.15, 0.2) is 11.5 Å². The molecule has 1 fully saturated rings. The van der Waals surface area contributed by atoms with Crippen molar-refractivity contribution in [2.24, 2.45) is 0 Å². The fourth-order valence-electron chi connectivity index (χ4n) is 4.44. The zero-order valence-corrected chi connectivity index (χ0v) is 18.1. The van der Waals surface area contributed by atoms with E-state index in [0.717, 1.165) is 55.0 Å². The normalized spacial score (nSPS) is 20.7.